The second-order valence-corrected chi connectivity index (χ2v) is 4.13. The topological polar surface area (TPSA) is 60.9 Å². The molecular weight excluding hydrogens is 264 g/mol. The molecular formula is C11H10ClF2N3O. The van der Waals surface area contributed by atoms with Crippen molar-refractivity contribution in [3.63, 3.8) is 0 Å². The van der Waals surface area contributed by atoms with Crippen LogP contribution in [0.3, 0.4) is 0 Å². The van der Waals surface area contributed by atoms with Crippen LogP contribution >= 0.6 is 11.6 Å². The summed E-state index contributed by atoms with van der Waals surface area (Å²) >= 11 is 5.71. The zero-order valence-corrected chi connectivity index (χ0v) is 10.2. The molecule has 2 N–H and O–H groups in total. The van der Waals surface area contributed by atoms with Gasteiger partial charge in [-0.2, -0.15) is 0 Å². The van der Waals surface area contributed by atoms with Gasteiger partial charge in [0.1, 0.15) is 11.9 Å². The lowest BCUT2D eigenvalue weighted by atomic mass is 10.2. The van der Waals surface area contributed by atoms with Crippen molar-refractivity contribution in [2.24, 2.45) is 5.73 Å². The fraction of sp³-hybridized carbons (Fsp3) is 0.273. The van der Waals surface area contributed by atoms with Gasteiger partial charge in [-0.1, -0.05) is 0 Å². The normalized spacial score (nSPS) is 12.9. The Hall–Kier alpha value is -1.69. The standard InChI is InChI=1S/C11H10ClF2N3O/c1-5(11(15)18)17-9-3-7(14)6(13)2-8(9)16-10(17)4-12/h2-3,5H,4H2,1H3,(H2,15,18). The van der Waals surface area contributed by atoms with Crippen molar-refractivity contribution in [1.29, 1.82) is 0 Å². The molecule has 96 valence electrons. The molecule has 2 rings (SSSR count). The van der Waals surface area contributed by atoms with Gasteiger partial charge in [-0.05, 0) is 6.92 Å². The molecule has 0 aliphatic heterocycles. The lowest BCUT2D eigenvalue weighted by Crippen LogP contribution is -2.25. The number of hydrogen-bond acceptors (Lipinski definition) is 2. The number of halogens is 3. The molecule has 0 spiro atoms. The number of nitrogens with zero attached hydrogens (tertiary/aromatic N) is 2. The highest BCUT2D eigenvalue weighted by atomic mass is 35.5. The van der Waals surface area contributed by atoms with Gasteiger partial charge in [0.25, 0.3) is 0 Å². The summed E-state index contributed by atoms with van der Waals surface area (Å²) < 4.78 is 27.8. The summed E-state index contributed by atoms with van der Waals surface area (Å²) in [5.41, 5.74) is 5.73. The average molecular weight is 274 g/mol. The molecule has 2 aromatic rings. The number of aromatic nitrogens is 2. The number of carbonyl (C=O) groups is 1. The van der Waals surface area contributed by atoms with E-state index in [0.717, 1.165) is 12.1 Å². The number of rotatable bonds is 3. The maximum Gasteiger partial charge on any atom is 0.240 e. The van der Waals surface area contributed by atoms with Crippen molar-refractivity contribution in [2.75, 3.05) is 0 Å². The van der Waals surface area contributed by atoms with E-state index < -0.39 is 23.6 Å². The van der Waals surface area contributed by atoms with Gasteiger partial charge in [0.05, 0.1) is 16.9 Å². The molecule has 1 unspecified atom stereocenters. The van der Waals surface area contributed by atoms with Crippen LogP contribution in [-0.2, 0) is 10.7 Å². The van der Waals surface area contributed by atoms with Crippen LogP contribution < -0.4 is 5.73 Å². The highest BCUT2D eigenvalue weighted by Crippen LogP contribution is 2.24. The number of primary amides is 1. The summed E-state index contributed by atoms with van der Waals surface area (Å²) in [6.07, 6.45) is 0. The zero-order valence-electron chi connectivity index (χ0n) is 9.45. The van der Waals surface area contributed by atoms with E-state index in [9.17, 15) is 13.6 Å². The van der Waals surface area contributed by atoms with Crippen molar-refractivity contribution in [3.8, 4) is 0 Å². The van der Waals surface area contributed by atoms with Crippen LogP contribution in [0.5, 0.6) is 0 Å². The fourth-order valence-corrected chi connectivity index (χ4v) is 1.98. The number of alkyl halides is 1. The van der Waals surface area contributed by atoms with E-state index >= 15 is 0 Å². The summed E-state index contributed by atoms with van der Waals surface area (Å²) in [6.45, 7) is 1.54. The van der Waals surface area contributed by atoms with Crippen LogP contribution in [0.4, 0.5) is 8.78 Å². The Morgan fingerprint density at radius 3 is 2.67 bits per heavy atom. The van der Waals surface area contributed by atoms with Gasteiger partial charge in [-0.25, -0.2) is 13.8 Å². The van der Waals surface area contributed by atoms with Crippen LogP contribution in [0.15, 0.2) is 12.1 Å². The van der Waals surface area contributed by atoms with E-state index in [0.29, 0.717) is 5.82 Å². The Labute approximate surface area is 106 Å². The molecule has 0 aliphatic rings. The lowest BCUT2D eigenvalue weighted by molar-refractivity contribution is -0.120. The second kappa shape index (κ2) is 4.53. The van der Waals surface area contributed by atoms with E-state index in [4.69, 9.17) is 17.3 Å². The highest BCUT2D eigenvalue weighted by molar-refractivity contribution is 6.16. The van der Waals surface area contributed by atoms with E-state index in [1.807, 2.05) is 0 Å². The van der Waals surface area contributed by atoms with Gasteiger partial charge in [0, 0.05) is 12.1 Å². The molecule has 0 bridgehead atoms. The third kappa shape index (κ3) is 1.92. The largest absolute Gasteiger partial charge is 0.368 e. The number of imidazole rings is 1. The molecule has 1 aromatic heterocycles. The van der Waals surface area contributed by atoms with Crippen LogP contribution in [0, 0.1) is 11.6 Å². The molecule has 1 heterocycles. The number of benzene rings is 1. The SMILES string of the molecule is CC(C(N)=O)n1c(CCl)nc2cc(F)c(F)cc21. The van der Waals surface area contributed by atoms with E-state index in [1.165, 1.54) is 4.57 Å². The van der Waals surface area contributed by atoms with Gasteiger partial charge in [-0.3, -0.25) is 4.79 Å². The van der Waals surface area contributed by atoms with Crippen LogP contribution in [0.2, 0.25) is 0 Å². The summed E-state index contributed by atoms with van der Waals surface area (Å²) in [5.74, 6) is -2.27. The van der Waals surface area contributed by atoms with Gasteiger partial charge >= 0.3 is 0 Å². The Balaban J connectivity index is 2.76. The minimum atomic E-state index is -1.01. The molecule has 0 saturated carbocycles. The first-order valence-electron chi connectivity index (χ1n) is 5.16. The first-order valence-corrected chi connectivity index (χ1v) is 5.70. The Kier molecular flexibility index (Phi) is 3.21. The summed E-state index contributed by atoms with van der Waals surface area (Å²) in [5, 5.41) is 0. The van der Waals surface area contributed by atoms with Crippen molar-refractivity contribution in [1.82, 2.24) is 9.55 Å². The maximum absolute atomic E-state index is 13.2. The van der Waals surface area contributed by atoms with Gasteiger partial charge < -0.3 is 10.3 Å². The molecule has 0 aliphatic carbocycles. The fourth-order valence-electron chi connectivity index (χ4n) is 1.79. The first kappa shape index (κ1) is 12.8. The van der Waals surface area contributed by atoms with Gasteiger partial charge in [0.2, 0.25) is 5.91 Å². The Morgan fingerprint density at radius 1 is 1.50 bits per heavy atom. The third-order valence-corrected chi connectivity index (χ3v) is 2.96. The third-order valence-electron chi connectivity index (χ3n) is 2.72. The molecule has 4 nitrogen and oxygen atoms in total. The molecule has 7 heteroatoms. The van der Waals surface area contributed by atoms with Crippen LogP contribution in [0.25, 0.3) is 11.0 Å². The quantitative estimate of drug-likeness (QED) is 0.871. The molecule has 18 heavy (non-hydrogen) atoms. The second-order valence-electron chi connectivity index (χ2n) is 3.87. The first-order chi connectivity index (χ1) is 8.45. The lowest BCUT2D eigenvalue weighted by Gasteiger charge is -2.13. The van der Waals surface area contributed by atoms with E-state index in [2.05, 4.69) is 4.98 Å². The highest BCUT2D eigenvalue weighted by Gasteiger charge is 2.20. The van der Waals surface area contributed by atoms with Crippen LogP contribution in [-0.4, -0.2) is 15.5 Å². The molecule has 1 aromatic carbocycles. The smallest absolute Gasteiger partial charge is 0.240 e. The van der Waals surface area contributed by atoms with Crippen molar-refractivity contribution < 1.29 is 13.6 Å². The average Bonchev–Trinajstić information content (AvgIpc) is 2.66. The van der Waals surface area contributed by atoms with Crippen molar-refractivity contribution in [2.45, 2.75) is 18.8 Å². The van der Waals surface area contributed by atoms with Crippen molar-refractivity contribution in [3.05, 3.63) is 29.6 Å². The molecule has 0 fully saturated rings. The van der Waals surface area contributed by atoms with Crippen LogP contribution in [0.1, 0.15) is 18.8 Å². The number of amides is 1. The Morgan fingerprint density at radius 2 is 2.11 bits per heavy atom. The number of nitrogens with two attached hydrogens (primary N) is 1. The molecule has 1 amide bonds. The number of hydrogen-bond donors (Lipinski definition) is 1. The van der Waals surface area contributed by atoms with E-state index in [1.54, 1.807) is 6.92 Å². The number of carbonyl (C=O) groups excluding carboxylic acids is 1. The zero-order chi connectivity index (χ0) is 13.4. The molecule has 0 radical (unpaired) electrons. The van der Waals surface area contributed by atoms with Gasteiger partial charge in [-0.15, -0.1) is 11.6 Å². The predicted molar refractivity (Wildman–Crippen MR) is 63.1 cm³/mol. The van der Waals surface area contributed by atoms with Crippen molar-refractivity contribution >= 4 is 28.5 Å². The minimum absolute atomic E-state index is 0.00946. The summed E-state index contributed by atoms with van der Waals surface area (Å²) in [6, 6.07) is 1.20. The minimum Gasteiger partial charge on any atom is -0.368 e. The van der Waals surface area contributed by atoms with E-state index in [-0.39, 0.29) is 16.9 Å². The molecule has 1 atom stereocenters. The summed E-state index contributed by atoms with van der Waals surface area (Å²) in [7, 11) is 0. The Bertz CT molecular complexity index is 626. The number of fused-ring (bicyclic) bond motifs is 1. The van der Waals surface area contributed by atoms with Gasteiger partial charge in [0.15, 0.2) is 11.6 Å². The molecule has 0 saturated heterocycles. The predicted octanol–water partition coefficient (Wildman–Crippen LogP) is 2.10. The summed E-state index contributed by atoms with van der Waals surface area (Å²) in [4.78, 5) is 15.3. The monoisotopic (exact) mass is 273 g/mol. The maximum atomic E-state index is 13.2.